The summed E-state index contributed by atoms with van der Waals surface area (Å²) in [6.45, 7) is 3.79. The molecule has 0 atom stereocenters. The Balaban J connectivity index is 1.63. The molecule has 0 radical (unpaired) electrons. The summed E-state index contributed by atoms with van der Waals surface area (Å²) in [6.07, 6.45) is 1.19. The zero-order valence-corrected chi connectivity index (χ0v) is 17.2. The number of esters is 1. The lowest BCUT2D eigenvalue weighted by molar-refractivity contribution is -0.385. The Morgan fingerprint density at radius 2 is 1.78 bits per heavy atom. The Hall–Kier alpha value is -4.46. The summed E-state index contributed by atoms with van der Waals surface area (Å²) in [5, 5.41) is 11.4. The average molecular weight is 431 g/mol. The molecular weight excluding hydrogens is 414 g/mol. The highest BCUT2D eigenvalue weighted by Gasteiger charge is 2.21. The van der Waals surface area contributed by atoms with E-state index < -0.39 is 10.9 Å². The number of para-hydroxylation sites is 1. The molecule has 8 nitrogen and oxygen atoms in total. The van der Waals surface area contributed by atoms with Gasteiger partial charge in [0.05, 0.1) is 10.3 Å². The molecule has 0 saturated carbocycles. The zero-order chi connectivity index (χ0) is 22.8. The van der Waals surface area contributed by atoms with Crippen molar-refractivity contribution in [2.75, 3.05) is 0 Å². The molecule has 0 aliphatic rings. The van der Waals surface area contributed by atoms with E-state index in [1.807, 2.05) is 32.0 Å². The Bertz CT molecular complexity index is 1420. The number of nitrogens with zero attached hydrogens (tertiary/aromatic N) is 1. The van der Waals surface area contributed by atoms with E-state index in [-0.39, 0.29) is 39.1 Å². The Kier molecular flexibility index (Phi) is 5.43. The van der Waals surface area contributed by atoms with Crippen LogP contribution in [0.1, 0.15) is 21.5 Å². The summed E-state index contributed by atoms with van der Waals surface area (Å²) >= 11 is 0. The number of rotatable bonds is 5. The zero-order valence-electron chi connectivity index (χ0n) is 17.2. The monoisotopic (exact) mass is 431 g/mol. The smallest absolute Gasteiger partial charge is 0.350 e. The highest BCUT2D eigenvalue weighted by atomic mass is 16.6. The van der Waals surface area contributed by atoms with Crippen LogP contribution in [0.4, 0.5) is 5.69 Å². The summed E-state index contributed by atoms with van der Waals surface area (Å²) in [5.74, 6) is -0.247. The number of ether oxygens (including phenoxy) is 2. The van der Waals surface area contributed by atoms with Gasteiger partial charge in [0.15, 0.2) is 0 Å². The average Bonchev–Trinajstić information content (AvgIpc) is 2.78. The van der Waals surface area contributed by atoms with Gasteiger partial charge >= 0.3 is 5.97 Å². The van der Waals surface area contributed by atoms with Crippen molar-refractivity contribution in [1.29, 1.82) is 0 Å². The molecule has 160 valence electrons. The van der Waals surface area contributed by atoms with Crippen molar-refractivity contribution in [3.63, 3.8) is 0 Å². The molecule has 0 aliphatic carbocycles. The minimum absolute atomic E-state index is 0.0239. The third-order valence-electron chi connectivity index (χ3n) is 4.81. The standard InChI is InChI=1S/C24H17NO7/c1-14-7-8-15(2)20(11-14)32-22-13-30-21-12-16(9-10-18(21)23(22)26)31-24(27)17-5-3-4-6-19(17)25(28)29/h3-13H,1-2H3. The van der Waals surface area contributed by atoms with E-state index in [0.717, 1.165) is 11.1 Å². The highest BCUT2D eigenvalue weighted by Crippen LogP contribution is 2.27. The first-order chi connectivity index (χ1) is 15.3. The van der Waals surface area contributed by atoms with Gasteiger partial charge in [-0.25, -0.2) is 4.79 Å². The maximum atomic E-state index is 12.8. The molecule has 0 N–H and O–H groups in total. The Morgan fingerprint density at radius 1 is 1.00 bits per heavy atom. The van der Waals surface area contributed by atoms with Crippen LogP contribution < -0.4 is 14.9 Å². The molecule has 0 amide bonds. The third-order valence-corrected chi connectivity index (χ3v) is 4.81. The van der Waals surface area contributed by atoms with E-state index in [1.54, 1.807) is 0 Å². The van der Waals surface area contributed by atoms with Gasteiger partial charge in [0.25, 0.3) is 5.69 Å². The summed E-state index contributed by atoms with van der Waals surface area (Å²) in [7, 11) is 0. The third kappa shape index (κ3) is 4.06. The van der Waals surface area contributed by atoms with E-state index in [2.05, 4.69) is 0 Å². The fraction of sp³-hybridized carbons (Fsp3) is 0.0833. The van der Waals surface area contributed by atoms with Crippen molar-refractivity contribution in [2.24, 2.45) is 0 Å². The van der Waals surface area contributed by atoms with Gasteiger partial charge in [0.2, 0.25) is 11.2 Å². The molecule has 3 aromatic carbocycles. The maximum Gasteiger partial charge on any atom is 0.350 e. The number of carbonyl (C=O) groups is 1. The predicted molar refractivity (Wildman–Crippen MR) is 117 cm³/mol. The van der Waals surface area contributed by atoms with E-state index in [1.165, 1.54) is 48.7 Å². The second-order valence-electron chi connectivity index (χ2n) is 7.12. The van der Waals surface area contributed by atoms with E-state index in [4.69, 9.17) is 13.9 Å². The first-order valence-electron chi connectivity index (χ1n) is 9.60. The topological polar surface area (TPSA) is 109 Å². The molecule has 0 fully saturated rings. The summed E-state index contributed by atoms with van der Waals surface area (Å²) < 4.78 is 16.6. The molecular formula is C24H17NO7. The maximum absolute atomic E-state index is 12.8. The van der Waals surface area contributed by atoms with Gasteiger partial charge in [-0.3, -0.25) is 14.9 Å². The van der Waals surface area contributed by atoms with Crippen LogP contribution in [0.25, 0.3) is 11.0 Å². The lowest BCUT2D eigenvalue weighted by atomic mass is 10.1. The van der Waals surface area contributed by atoms with Gasteiger partial charge in [-0.2, -0.15) is 0 Å². The molecule has 1 aromatic heterocycles. The van der Waals surface area contributed by atoms with Crippen molar-refractivity contribution in [2.45, 2.75) is 13.8 Å². The van der Waals surface area contributed by atoms with Crippen molar-refractivity contribution in [3.05, 3.63) is 104 Å². The molecule has 0 bridgehead atoms. The Labute approximate surface area is 181 Å². The molecule has 0 saturated heterocycles. The van der Waals surface area contributed by atoms with Gasteiger partial charge in [0.1, 0.15) is 28.9 Å². The molecule has 0 spiro atoms. The minimum atomic E-state index is -0.895. The minimum Gasteiger partial charge on any atom is -0.460 e. The predicted octanol–water partition coefficient (Wildman–Crippen LogP) is 5.33. The van der Waals surface area contributed by atoms with E-state index >= 15 is 0 Å². The number of nitro groups is 1. The van der Waals surface area contributed by atoms with Gasteiger partial charge in [-0.15, -0.1) is 0 Å². The van der Waals surface area contributed by atoms with E-state index in [9.17, 15) is 19.7 Å². The number of fused-ring (bicyclic) bond motifs is 1. The van der Waals surface area contributed by atoms with Crippen molar-refractivity contribution in [1.82, 2.24) is 0 Å². The fourth-order valence-electron chi connectivity index (χ4n) is 3.13. The summed E-state index contributed by atoms with van der Waals surface area (Å²) in [6, 6.07) is 15.4. The Morgan fingerprint density at radius 3 is 2.56 bits per heavy atom. The van der Waals surface area contributed by atoms with Gasteiger partial charge < -0.3 is 13.9 Å². The first kappa shape index (κ1) is 20.8. The number of benzene rings is 3. The second-order valence-corrected chi connectivity index (χ2v) is 7.12. The first-order valence-corrected chi connectivity index (χ1v) is 9.60. The van der Waals surface area contributed by atoms with Crippen LogP contribution in [0.15, 0.2) is 76.1 Å². The van der Waals surface area contributed by atoms with Crippen LogP contribution in [-0.2, 0) is 0 Å². The molecule has 8 heteroatoms. The largest absolute Gasteiger partial charge is 0.460 e. The molecule has 4 rings (SSSR count). The van der Waals surface area contributed by atoms with E-state index in [0.29, 0.717) is 5.75 Å². The number of nitro benzene ring substituents is 1. The lowest BCUT2D eigenvalue weighted by Gasteiger charge is -2.10. The quantitative estimate of drug-likeness (QED) is 0.182. The normalized spacial score (nSPS) is 10.7. The number of hydrogen-bond donors (Lipinski definition) is 0. The van der Waals surface area contributed by atoms with Crippen molar-refractivity contribution < 1.29 is 23.6 Å². The molecule has 0 aliphatic heterocycles. The van der Waals surface area contributed by atoms with Gasteiger partial charge in [0, 0.05) is 12.1 Å². The second kappa shape index (κ2) is 8.35. The number of aryl methyl sites for hydroxylation is 2. The fourth-order valence-corrected chi connectivity index (χ4v) is 3.13. The van der Waals surface area contributed by atoms with Crippen LogP contribution in [0.2, 0.25) is 0 Å². The van der Waals surface area contributed by atoms with Crippen LogP contribution in [0.5, 0.6) is 17.2 Å². The van der Waals surface area contributed by atoms with Gasteiger partial charge in [-0.1, -0.05) is 24.3 Å². The number of hydrogen-bond acceptors (Lipinski definition) is 7. The van der Waals surface area contributed by atoms with Crippen LogP contribution in [0, 0.1) is 24.0 Å². The lowest BCUT2D eigenvalue weighted by Crippen LogP contribution is -2.11. The molecule has 32 heavy (non-hydrogen) atoms. The SMILES string of the molecule is Cc1ccc(C)c(Oc2coc3cc(OC(=O)c4ccccc4[N+](=O)[O-])ccc3c2=O)c1. The number of carbonyl (C=O) groups excluding carboxylic acids is 1. The summed E-state index contributed by atoms with van der Waals surface area (Å²) in [4.78, 5) is 35.7. The van der Waals surface area contributed by atoms with Gasteiger partial charge in [-0.05, 0) is 49.2 Å². The molecule has 1 heterocycles. The van der Waals surface area contributed by atoms with Crippen LogP contribution >= 0.6 is 0 Å². The van der Waals surface area contributed by atoms with Crippen molar-refractivity contribution in [3.8, 4) is 17.2 Å². The summed E-state index contributed by atoms with van der Waals surface area (Å²) in [5.41, 5.74) is 1.10. The van der Waals surface area contributed by atoms with Crippen LogP contribution in [-0.4, -0.2) is 10.9 Å². The highest BCUT2D eigenvalue weighted by molar-refractivity contribution is 5.95. The molecule has 4 aromatic rings. The van der Waals surface area contributed by atoms with Crippen LogP contribution in [0.3, 0.4) is 0 Å². The molecule has 0 unspecified atom stereocenters. The van der Waals surface area contributed by atoms with Crippen molar-refractivity contribution >= 4 is 22.6 Å².